The first kappa shape index (κ1) is 15.6. The van der Waals surface area contributed by atoms with E-state index in [1.54, 1.807) is 0 Å². The van der Waals surface area contributed by atoms with Gasteiger partial charge in [-0.1, -0.05) is 37.3 Å². The number of halogens is 2. The standard InChI is InChI=1S/C17H21ClINO/c18-14-7-8-16(15(19)10-14)20-17(21)13-6-5-11-3-1-2-4-12(11)9-13/h7-8,10-13H,1-6,9H2,(H,20,21). The second-order valence-corrected chi connectivity index (χ2v) is 8.03. The van der Waals surface area contributed by atoms with Crippen LogP contribution in [0.4, 0.5) is 5.69 Å². The SMILES string of the molecule is O=C(Nc1ccc(Cl)cc1I)C1CCC2CCCCC2C1. The van der Waals surface area contributed by atoms with Gasteiger partial charge >= 0.3 is 0 Å². The third-order valence-electron chi connectivity index (χ3n) is 5.10. The Morgan fingerprint density at radius 1 is 1.14 bits per heavy atom. The molecule has 3 unspecified atom stereocenters. The topological polar surface area (TPSA) is 29.1 Å². The third-order valence-corrected chi connectivity index (χ3v) is 6.23. The highest BCUT2D eigenvalue weighted by molar-refractivity contribution is 14.1. The monoisotopic (exact) mass is 417 g/mol. The van der Waals surface area contributed by atoms with Crippen LogP contribution in [0.3, 0.4) is 0 Å². The molecule has 0 bridgehead atoms. The minimum Gasteiger partial charge on any atom is -0.325 e. The molecule has 3 atom stereocenters. The zero-order valence-corrected chi connectivity index (χ0v) is 15.0. The fraction of sp³-hybridized carbons (Fsp3) is 0.588. The molecule has 0 aliphatic heterocycles. The number of hydrogen-bond acceptors (Lipinski definition) is 1. The molecule has 2 saturated carbocycles. The fourth-order valence-electron chi connectivity index (χ4n) is 3.94. The molecule has 1 amide bonds. The molecule has 114 valence electrons. The van der Waals surface area contributed by atoms with E-state index >= 15 is 0 Å². The Labute approximate surface area is 145 Å². The maximum Gasteiger partial charge on any atom is 0.227 e. The Balaban J connectivity index is 1.63. The lowest BCUT2D eigenvalue weighted by molar-refractivity contribution is -0.122. The van der Waals surface area contributed by atoms with Crippen LogP contribution >= 0.6 is 34.2 Å². The molecule has 4 heteroatoms. The van der Waals surface area contributed by atoms with E-state index in [9.17, 15) is 4.79 Å². The Bertz CT molecular complexity index is 534. The van der Waals surface area contributed by atoms with Gasteiger partial charge in [0.2, 0.25) is 5.91 Å². The Morgan fingerprint density at radius 2 is 1.90 bits per heavy atom. The predicted octanol–water partition coefficient (Wildman–Crippen LogP) is 5.49. The van der Waals surface area contributed by atoms with Gasteiger partial charge in [0.15, 0.2) is 0 Å². The molecule has 2 aliphatic carbocycles. The van der Waals surface area contributed by atoms with E-state index < -0.39 is 0 Å². The second kappa shape index (κ2) is 6.86. The minimum absolute atomic E-state index is 0.191. The van der Waals surface area contributed by atoms with Gasteiger partial charge in [0.05, 0.1) is 5.69 Å². The van der Waals surface area contributed by atoms with Crippen LogP contribution in [0.1, 0.15) is 44.9 Å². The highest BCUT2D eigenvalue weighted by atomic mass is 127. The summed E-state index contributed by atoms with van der Waals surface area (Å²) in [6, 6.07) is 5.61. The van der Waals surface area contributed by atoms with Gasteiger partial charge in [0.1, 0.15) is 0 Å². The summed E-state index contributed by atoms with van der Waals surface area (Å²) in [5, 5.41) is 3.81. The van der Waals surface area contributed by atoms with Gasteiger partial charge in [0, 0.05) is 14.5 Å². The molecule has 1 aromatic rings. The molecule has 3 rings (SSSR count). The smallest absolute Gasteiger partial charge is 0.227 e. The van der Waals surface area contributed by atoms with Crippen molar-refractivity contribution in [2.24, 2.45) is 17.8 Å². The largest absolute Gasteiger partial charge is 0.325 e. The maximum absolute atomic E-state index is 12.5. The zero-order valence-electron chi connectivity index (χ0n) is 12.1. The van der Waals surface area contributed by atoms with Crippen LogP contribution < -0.4 is 5.32 Å². The van der Waals surface area contributed by atoms with E-state index in [4.69, 9.17) is 11.6 Å². The van der Waals surface area contributed by atoms with Crippen molar-refractivity contribution >= 4 is 45.8 Å². The van der Waals surface area contributed by atoms with Crippen LogP contribution in [0.25, 0.3) is 0 Å². The first-order chi connectivity index (χ1) is 10.1. The molecule has 0 heterocycles. The number of benzene rings is 1. The maximum atomic E-state index is 12.5. The van der Waals surface area contributed by atoms with Crippen LogP contribution in [0.15, 0.2) is 18.2 Å². The van der Waals surface area contributed by atoms with E-state index in [0.717, 1.165) is 33.9 Å². The summed E-state index contributed by atoms with van der Waals surface area (Å²) in [5.41, 5.74) is 0.885. The van der Waals surface area contributed by atoms with Crippen LogP contribution in [-0.4, -0.2) is 5.91 Å². The molecular formula is C17H21ClINO. The molecule has 0 radical (unpaired) electrons. The van der Waals surface area contributed by atoms with Gasteiger partial charge in [0.25, 0.3) is 0 Å². The summed E-state index contributed by atoms with van der Waals surface area (Å²) in [7, 11) is 0. The molecule has 1 aromatic carbocycles. The number of fused-ring (bicyclic) bond motifs is 1. The summed E-state index contributed by atoms with van der Waals surface area (Å²) in [4.78, 5) is 12.5. The number of amides is 1. The third kappa shape index (κ3) is 3.73. The molecule has 0 saturated heterocycles. The molecular weight excluding hydrogens is 397 g/mol. The number of anilines is 1. The number of rotatable bonds is 2. The van der Waals surface area contributed by atoms with Gasteiger partial charge < -0.3 is 5.32 Å². The molecule has 2 aliphatic rings. The number of carbonyl (C=O) groups excluding carboxylic acids is 1. The Hall–Kier alpha value is -0.290. The number of nitrogens with one attached hydrogen (secondary N) is 1. The molecule has 0 spiro atoms. The molecule has 1 N–H and O–H groups in total. The van der Waals surface area contributed by atoms with Crippen molar-refractivity contribution in [3.8, 4) is 0 Å². The highest BCUT2D eigenvalue weighted by Gasteiger charge is 2.35. The lowest BCUT2D eigenvalue weighted by Gasteiger charge is -2.38. The van der Waals surface area contributed by atoms with Crippen LogP contribution in [0, 0.1) is 21.3 Å². The van der Waals surface area contributed by atoms with E-state index in [1.807, 2.05) is 18.2 Å². The second-order valence-electron chi connectivity index (χ2n) is 6.43. The first-order valence-electron chi connectivity index (χ1n) is 7.89. The number of carbonyl (C=O) groups is 1. The van der Waals surface area contributed by atoms with E-state index in [0.29, 0.717) is 5.02 Å². The van der Waals surface area contributed by atoms with E-state index in [1.165, 1.54) is 32.1 Å². The van der Waals surface area contributed by atoms with Crippen LogP contribution in [0.2, 0.25) is 5.02 Å². The Morgan fingerprint density at radius 3 is 2.67 bits per heavy atom. The van der Waals surface area contributed by atoms with Crippen LogP contribution in [0.5, 0.6) is 0 Å². The fourth-order valence-corrected chi connectivity index (χ4v) is 4.94. The van der Waals surface area contributed by atoms with Crippen molar-refractivity contribution in [1.29, 1.82) is 0 Å². The molecule has 21 heavy (non-hydrogen) atoms. The van der Waals surface area contributed by atoms with E-state index in [2.05, 4.69) is 27.9 Å². The average Bonchev–Trinajstić information content (AvgIpc) is 2.49. The molecule has 2 fully saturated rings. The van der Waals surface area contributed by atoms with E-state index in [-0.39, 0.29) is 11.8 Å². The zero-order chi connectivity index (χ0) is 14.8. The predicted molar refractivity (Wildman–Crippen MR) is 95.6 cm³/mol. The van der Waals surface area contributed by atoms with Gasteiger partial charge in [-0.25, -0.2) is 0 Å². The summed E-state index contributed by atoms with van der Waals surface area (Å²) >= 11 is 8.18. The summed E-state index contributed by atoms with van der Waals surface area (Å²) < 4.78 is 1.000. The van der Waals surface area contributed by atoms with Crippen molar-refractivity contribution in [3.05, 3.63) is 26.8 Å². The Kier molecular flexibility index (Phi) is 5.10. The average molecular weight is 418 g/mol. The lowest BCUT2D eigenvalue weighted by Crippen LogP contribution is -2.34. The highest BCUT2D eigenvalue weighted by Crippen LogP contribution is 2.43. The van der Waals surface area contributed by atoms with Gasteiger partial charge in [-0.2, -0.15) is 0 Å². The van der Waals surface area contributed by atoms with Crippen molar-refractivity contribution in [2.75, 3.05) is 5.32 Å². The van der Waals surface area contributed by atoms with Gasteiger partial charge in [-0.3, -0.25) is 4.79 Å². The summed E-state index contributed by atoms with van der Waals surface area (Å²) in [5.74, 6) is 2.06. The normalized spacial score (nSPS) is 28.8. The van der Waals surface area contributed by atoms with Gasteiger partial charge in [-0.05, 0) is 71.9 Å². The minimum atomic E-state index is 0.191. The molecule has 2 nitrogen and oxygen atoms in total. The summed E-state index contributed by atoms with van der Waals surface area (Å²) in [6.45, 7) is 0. The van der Waals surface area contributed by atoms with Crippen molar-refractivity contribution < 1.29 is 4.79 Å². The lowest BCUT2D eigenvalue weighted by atomic mass is 9.67. The molecule has 0 aromatic heterocycles. The van der Waals surface area contributed by atoms with Crippen molar-refractivity contribution in [3.63, 3.8) is 0 Å². The quantitative estimate of drug-likeness (QED) is 0.633. The number of hydrogen-bond donors (Lipinski definition) is 1. The van der Waals surface area contributed by atoms with Crippen LogP contribution in [-0.2, 0) is 4.79 Å². The first-order valence-corrected chi connectivity index (χ1v) is 9.35. The summed E-state index contributed by atoms with van der Waals surface area (Å²) in [6.07, 6.45) is 8.82. The van der Waals surface area contributed by atoms with Crippen molar-refractivity contribution in [1.82, 2.24) is 0 Å². The van der Waals surface area contributed by atoms with Gasteiger partial charge in [-0.15, -0.1) is 0 Å². The van der Waals surface area contributed by atoms with Crippen molar-refractivity contribution in [2.45, 2.75) is 44.9 Å².